The molecule has 1 aliphatic carbocycles. The molecule has 0 bridgehead atoms. The molecule has 20 heavy (non-hydrogen) atoms. The lowest BCUT2D eigenvalue weighted by Gasteiger charge is -2.51. The number of hydrogen-bond acceptors (Lipinski definition) is 1. The summed E-state index contributed by atoms with van der Waals surface area (Å²) < 4.78 is 0. The molecule has 1 nitrogen and oxygen atoms in total. The number of hydrogen-bond donors (Lipinski definition) is 0. The van der Waals surface area contributed by atoms with E-state index in [-0.39, 0.29) is 5.41 Å². The van der Waals surface area contributed by atoms with Gasteiger partial charge in [0.05, 0.1) is 0 Å². The van der Waals surface area contributed by atoms with Crippen LogP contribution in [0, 0.1) is 6.92 Å². The van der Waals surface area contributed by atoms with E-state index in [2.05, 4.69) is 80.5 Å². The van der Waals surface area contributed by atoms with E-state index >= 15 is 0 Å². The summed E-state index contributed by atoms with van der Waals surface area (Å²) in [6.07, 6.45) is 2.43. The van der Waals surface area contributed by atoms with E-state index in [1.807, 2.05) is 0 Å². The first kappa shape index (κ1) is 13.4. The Morgan fingerprint density at radius 1 is 0.850 bits per heavy atom. The van der Waals surface area contributed by atoms with Crippen molar-refractivity contribution in [1.29, 1.82) is 0 Å². The van der Waals surface area contributed by atoms with Gasteiger partial charge in [-0.2, -0.15) is 0 Å². The SMILES string of the molecule is Cc1ccc(C2(c3ccccc3)CC(N(C)C)C2)cc1. The Balaban J connectivity index is 2.00. The molecule has 0 heterocycles. The number of rotatable bonds is 3. The monoisotopic (exact) mass is 265 g/mol. The summed E-state index contributed by atoms with van der Waals surface area (Å²) in [4.78, 5) is 2.36. The van der Waals surface area contributed by atoms with Crippen LogP contribution in [0.1, 0.15) is 29.5 Å². The minimum absolute atomic E-state index is 0.212. The predicted octanol–water partition coefficient (Wildman–Crippen LogP) is 4.01. The van der Waals surface area contributed by atoms with Crippen LogP contribution < -0.4 is 0 Å². The number of aryl methyl sites for hydroxylation is 1. The summed E-state index contributed by atoms with van der Waals surface area (Å²) in [6.45, 7) is 2.16. The molecule has 0 unspecified atom stereocenters. The maximum absolute atomic E-state index is 2.36. The van der Waals surface area contributed by atoms with Gasteiger partial charge < -0.3 is 4.90 Å². The first-order valence-corrected chi connectivity index (χ1v) is 7.41. The van der Waals surface area contributed by atoms with Crippen LogP contribution in [0.3, 0.4) is 0 Å². The van der Waals surface area contributed by atoms with Crippen molar-refractivity contribution in [3.63, 3.8) is 0 Å². The van der Waals surface area contributed by atoms with Gasteiger partial charge in [-0.25, -0.2) is 0 Å². The van der Waals surface area contributed by atoms with Crippen molar-refractivity contribution >= 4 is 0 Å². The summed E-state index contributed by atoms with van der Waals surface area (Å²) in [6, 6.07) is 20.8. The second kappa shape index (κ2) is 5.06. The van der Waals surface area contributed by atoms with Gasteiger partial charge in [-0.3, -0.25) is 0 Å². The van der Waals surface area contributed by atoms with Gasteiger partial charge in [-0.15, -0.1) is 0 Å². The van der Waals surface area contributed by atoms with Gasteiger partial charge in [0.1, 0.15) is 0 Å². The van der Waals surface area contributed by atoms with E-state index in [1.165, 1.54) is 29.5 Å². The van der Waals surface area contributed by atoms with Crippen LogP contribution in [0.15, 0.2) is 54.6 Å². The zero-order valence-corrected chi connectivity index (χ0v) is 12.6. The van der Waals surface area contributed by atoms with E-state index < -0.39 is 0 Å². The third-order valence-corrected chi connectivity index (χ3v) is 4.83. The second-order valence-electron chi connectivity index (χ2n) is 6.34. The first-order valence-electron chi connectivity index (χ1n) is 7.41. The van der Waals surface area contributed by atoms with E-state index in [4.69, 9.17) is 0 Å². The molecule has 0 spiro atoms. The van der Waals surface area contributed by atoms with Crippen molar-refractivity contribution in [1.82, 2.24) is 4.90 Å². The molecule has 1 aliphatic rings. The Morgan fingerprint density at radius 3 is 1.95 bits per heavy atom. The molecule has 1 heteroatoms. The highest BCUT2D eigenvalue weighted by Crippen LogP contribution is 2.50. The maximum atomic E-state index is 2.36. The van der Waals surface area contributed by atoms with Crippen molar-refractivity contribution in [2.45, 2.75) is 31.2 Å². The van der Waals surface area contributed by atoms with Crippen LogP contribution in [-0.4, -0.2) is 25.0 Å². The Bertz CT molecular complexity index is 562. The molecular formula is C19H23N. The highest BCUT2D eigenvalue weighted by molar-refractivity contribution is 5.43. The molecule has 0 amide bonds. The molecule has 2 aromatic rings. The molecule has 0 saturated heterocycles. The summed E-state index contributed by atoms with van der Waals surface area (Å²) in [5.74, 6) is 0. The predicted molar refractivity (Wildman–Crippen MR) is 85.1 cm³/mol. The van der Waals surface area contributed by atoms with Crippen molar-refractivity contribution in [2.24, 2.45) is 0 Å². The zero-order chi connectivity index (χ0) is 14.2. The molecule has 0 atom stereocenters. The van der Waals surface area contributed by atoms with Crippen LogP contribution in [0.4, 0.5) is 0 Å². The molecule has 2 aromatic carbocycles. The Hall–Kier alpha value is -1.60. The maximum Gasteiger partial charge on any atom is 0.0232 e. The fraction of sp³-hybridized carbons (Fsp3) is 0.368. The smallest absolute Gasteiger partial charge is 0.0232 e. The van der Waals surface area contributed by atoms with Gasteiger partial charge >= 0.3 is 0 Å². The summed E-state index contributed by atoms with van der Waals surface area (Å²) in [5.41, 5.74) is 4.47. The lowest BCUT2D eigenvalue weighted by Crippen LogP contribution is -2.51. The normalized spacial score (nSPS) is 25.5. The van der Waals surface area contributed by atoms with Crippen LogP contribution in [0.5, 0.6) is 0 Å². The highest BCUT2D eigenvalue weighted by Gasteiger charge is 2.47. The van der Waals surface area contributed by atoms with Crippen LogP contribution >= 0.6 is 0 Å². The van der Waals surface area contributed by atoms with Crippen molar-refractivity contribution in [2.75, 3.05) is 14.1 Å². The molecule has 1 saturated carbocycles. The van der Waals surface area contributed by atoms with E-state index in [0.717, 1.165) is 0 Å². The van der Waals surface area contributed by atoms with E-state index in [1.54, 1.807) is 0 Å². The number of benzene rings is 2. The first-order chi connectivity index (χ1) is 9.62. The van der Waals surface area contributed by atoms with Crippen molar-refractivity contribution in [3.8, 4) is 0 Å². The quantitative estimate of drug-likeness (QED) is 0.810. The van der Waals surface area contributed by atoms with Crippen LogP contribution in [0.25, 0.3) is 0 Å². The average Bonchev–Trinajstić information content (AvgIpc) is 2.40. The van der Waals surface area contributed by atoms with Gasteiger partial charge in [0.15, 0.2) is 0 Å². The minimum Gasteiger partial charge on any atom is -0.306 e. The molecule has 0 N–H and O–H groups in total. The van der Waals surface area contributed by atoms with Crippen molar-refractivity contribution in [3.05, 3.63) is 71.3 Å². The average molecular weight is 265 g/mol. The summed E-state index contributed by atoms with van der Waals surface area (Å²) in [5, 5.41) is 0. The lowest BCUT2D eigenvalue weighted by atomic mass is 9.58. The van der Waals surface area contributed by atoms with Gasteiger partial charge in [0.25, 0.3) is 0 Å². The van der Waals surface area contributed by atoms with Crippen LogP contribution in [-0.2, 0) is 5.41 Å². The third-order valence-electron chi connectivity index (χ3n) is 4.83. The van der Waals surface area contributed by atoms with E-state index in [9.17, 15) is 0 Å². The molecule has 0 aromatic heterocycles. The number of nitrogens with zero attached hydrogens (tertiary/aromatic N) is 1. The van der Waals surface area contributed by atoms with Crippen molar-refractivity contribution < 1.29 is 0 Å². The Morgan fingerprint density at radius 2 is 1.40 bits per heavy atom. The Labute approximate surface area is 122 Å². The summed E-state index contributed by atoms with van der Waals surface area (Å²) >= 11 is 0. The lowest BCUT2D eigenvalue weighted by molar-refractivity contribution is 0.117. The minimum atomic E-state index is 0.212. The Kier molecular flexibility index (Phi) is 3.39. The largest absolute Gasteiger partial charge is 0.306 e. The van der Waals surface area contributed by atoms with Gasteiger partial charge in [-0.05, 0) is 45.0 Å². The van der Waals surface area contributed by atoms with Crippen LogP contribution in [0.2, 0.25) is 0 Å². The molecule has 0 aliphatic heterocycles. The zero-order valence-electron chi connectivity index (χ0n) is 12.6. The molecular weight excluding hydrogens is 242 g/mol. The molecule has 1 fully saturated rings. The van der Waals surface area contributed by atoms with Gasteiger partial charge in [0.2, 0.25) is 0 Å². The topological polar surface area (TPSA) is 3.24 Å². The fourth-order valence-corrected chi connectivity index (χ4v) is 3.38. The third kappa shape index (κ3) is 2.16. The molecule has 3 rings (SSSR count). The second-order valence-corrected chi connectivity index (χ2v) is 6.34. The van der Waals surface area contributed by atoms with E-state index in [0.29, 0.717) is 6.04 Å². The fourth-order valence-electron chi connectivity index (χ4n) is 3.38. The molecule has 104 valence electrons. The standard InChI is InChI=1S/C19H23N/c1-15-9-11-17(12-10-15)19(13-18(14-19)20(2)3)16-7-5-4-6-8-16/h4-12,18H,13-14H2,1-3H3. The van der Waals surface area contributed by atoms with Gasteiger partial charge in [-0.1, -0.05) is 60.2 Å². The summed E-state index contributed by atoms with van der Waals surface area (Å²) in [7, 11) is 4.38. The van der Waals surface area contributed by atoms with Gasteiger partial charge in [0, 0.05) is 11.5 Å². The highest BCUT2D eigenvalue weighted by atomic mass is 15.1. The molecule has 0 radical (unpaired) electrons.